The van der Waals surface area contributed by atoms with Crippen molar-refractivity contribution >= 4 is 0 Å². The van der Waals surface area contributed by atoms with Crippen LogP contribution in [0.1, 0.15) is 17.2 Å². The largest absolute Gasteiger partial charge is 0.508 e. The molecule has 0 bridgehead atoms. The second-order valence-corrected chi connectivity index (χ2v) is 3.03. The number of aromatic hydroxyl groups is 1. The maximum atomic E-state index is 9.51. The summed E-state index contributed by atoms with van der Waals surface area (Å²) in [7, 11) is 0. The normalized spacial score (nSPS) is 21.9. The van der Waals surface area contributed by atoms with E-state index < -0.39 is 6.10 Å². The van der Waals surface area contributed by atoms with E-state index in [1.54, 1.807) is 12.1 Å². The van der Waals surface area contributed by atoms with E-state index in [1.165, 1.54) is 0 Å². The third kappa shape index (κ3) is 1.17. The predicted molar refractivity (Wildman–Crippen MR) is 44.8 cm³/mol. The molecular formula is C9H11NO2. The summed E-state index contributed by atoms with van der Waals surface area (Å²) in [5, 5.41) is 21.8. The van der Waals surface area contributed by atoms with Gasteiger partial charge in [0.2, 0.25) is 0 Å². The van der Waals surface area contributed by atoms with Crippen molar-refractivity contribution in [2.45, 2.75) is 12.6 Å². The van der Waals surface area contributed by atoms with Crippen molar-refractivity contribution in [2.75, 3.05) is 6.54 Å². The van der Waals surface area contributed by atoms with Gasteiger partial charge in [-0.2, -0.15) is 0 Å². The lowest BCUT2D eigenvalue weighted by Crippen LogP contribution is -2.27. The first-order valence-electron chi connectivity index (χ1n) is 3.98. The maximum Gasteiger partial charge on any atom is 0.115 e. The molecule has 3 N–H and O–H groups in total. The summed E-state index contributed by atoms with van der Waals surface area (Å²) in [6.07, 6.45) is -0.485. The molecule has 1 aromatic carbocycles. The van der Waals surface area contributed by atoms with E-state index in [-0.39, 0.29) is 5.75 Å². The molecule has 1 aliphatic rings. The standard InChI is InChI=1S/C9H11NO2/c11-7-2-1-6-4-10-5-9(12)8(6)3-7/h1-3,9-12H,4-5H2/t9-/m1/s1. The third-order valence-corrected chi connectivity index (χ3v) is 2.14. The Hall–Kier alpha value is -1.06. The van der Waals surface area contributed by atoms with Gasteiger partial charge in [-0.3, -0.25) is 0 Å². The molecule has 0 amide bonds. The third-order valence-electron chi connectivity index (χ3n) is 2.14. The number of aliphatic hydroxyl groups excluding tert-OH is 1. The van der Waals surface area contributed by atoms with Crippen LogP contribution in [0.5, 0.6) is 5.75 Å². The highest BCUT2D eigenvalue weighted by molar-refractivity contribution is 5.37. The Bertz CT molecular complexity index is 299. The second-order valence-electron chi connectivity index (χ2n) is 3.03. The number of aliphatic hydroxyl groups is 1. The summed E-state index contributed by atoms with van der Waals surface area (Å²) < 4.78 is 0. The molecule has 12 heavy (non-hydrogen) atoms. The number of rotatable bonds is 0. The van der Waals surface area contributed by atoms with E-state index in [0.717, 1.165) is 17.7 Å². The highest BCUT2D eigenvalue weighted by Gasteiger charge is 2.17. The lowest BCUT2D eigenvalue weighted by atomic mass is 9.99. The summed E-state index contributed by atoms with van der Waals surface area (Å²) in [6.45, 7) is 1.34. The van der Waals surface area contributed by atoms with E-state index in [0.29, 0.717) is 6.54 Å². The Balaban J connectivity index is 2.47. The van der Waals surface area contributed by atoms with Gasteiger partial charge in [0.15, 0.2) is 0 Å². The van der Waals surface area contributed by atoms with Crippen LogP contribution >= 0.6 is 0 Å². The van der Waals surface area contributed by atoms with Crippen LogP contribution in [0.4, 0.5) is 0 Å². The van der Waals surface area contributed by atoms with Crippen molar-refractivity contribution < 1.29 is 10.2 Å². The van der Waals surface area contributed by atoms with E-state index in [9.17, 15) is 10.2 Å². The molecule has 0 radical (unpaired) electrons. The number of phenolic OH excluding ortho intramolecular Hbond substituents is 1. The molecule has 0 unspecified atom stereocenters. The van der Waals surface area contributed by atoms with Gasteiger partial charge >= 0.3 is 0 Å². The molecule has 3 nitrogen and oxygen atoms in total. The molecule has 0 spiro atoms. The summed E-state index contributed by atoms with van der Waals surface area (Å²) in [5.74, 6) is 0.217. The summed E-state index contributed by atoms with van der Waals surface area (Å²) in [4.78, 5) is 0. The van der Waals surface area contributed by atoms with Gasteiger partial charge in [-0.25, -0.2) is 0 Å². The van der Waals surface area contributed by atoms with Gasteiger partial charge in [0.05, 0.1) is 6.10 Å². The molecule has 1 aromatic rings. The van der Waals surface area contributed by atoms with Gasteiger partial charge in [-0.1, -0.05) is 6.07 Å². The fraction of sp³-hybridized carbons (Fsp3) is 0.333. The molecule has 0 aliphatic carbocycles. The molecule has 0 fully saturated rings. The summed E-state index contributed by atoms with van der Waals surface area (Å²) in [6, 6.07) is 5.10. The minimum absolute atomic E-state index is 0.217. The van der Waals surface area contributed by atoms with Crippen LogP contribution in [-0.2, 0) is 6.54 Å². The fourth-order valence-electron chi connectivity index (χ4n) is 1.51. The zero-order chi connectivity index (χ0) is 8.55. The van der Waals surface area contributed by atoms with Gasteiger partial charge in [-0.05, 0) is 23.3 Å². The van der Waals surface area contributed by atoms with Crippen LogP contribution in [0, 0.1) is 0 Å². The zero-order valence-electron chi connectivity index (χ0n) is 6.62. The van der Waals surface area contributed by atoms with Crippen molar-refractivity contribution in [2.24, 2.45) is 0 Å². The quantitative estimate of drug-likeness (QED) is 0.525. The number of hydrogen-bond acceptors (Lipinski definition) is 3. The lowest BCUT2D eigenvalue weighted by molar-refractivity contribution is 0.164. The Morgan fingerprint density at radius 3 is 3.08 bits per heavy atom. The summed E-state index contributed by atoms with van der Waals surface area (Å²) >= 11 is 0. The number of β-amino-alcohol motifs (C(OH)–C–C–N with tert-alkyl or cyclic N) is 1. The van der Waals surface area contributed by atoms with Gasteiger partial charge < -0.3 is 15.5 Å². The number of benzene rings is 1. The van der Waals surface area contributed by atoms with Crippen molar-refractivity contribution in [3.8, 4) is 5.75 Å². The van der Waals surface area contributed by atoms with Crippen molar-refractivity contribution in [1.29, 1.82) is 0 Å². The Morgan fingerprint density at radius 1 is 1.42 bits per heavy atom. The average Bonchev–Trinajstić information content (AvgIpc) is 2.07. The number of phenols is 1. The summed E-state index contributed by atoms with van der Waals surface area (Å²) in [5.41, 5.74) is 1.90. The molecule has 0 saturated carbocycles. The SMILES string of the molecule is Oc1ccc2c(c1)[C@H](O)CNC2. The van der Waals surface area contributed by atoms with Gasteiger partial charge in [0.25, 0.3) is 0 Å². The van der Waals surface area contributed by atoms with Crippen LogP contribution in [0.3, 0.4) is 0 Å². The molecule has 1 atom stereocenters. The number of fused-ring (bicyclic) bond motifs is 1. The number of nitrogens with one attached hydrogen (secondary N) is 1. The molecular weight excluding hydrogens is 154 g/mol. The van der Waals surface area contributed by atoms with Crippen LogP contribution in [0.2, 0.25) is 0 Å². The smallest absolute Gasteiger partial charge is 0.115 e. The van der Waals surface area contributed by atoms with E-state index in [1.807, 2.05) is 6.07 Å². The van der Waals surface area contributed by atoms with Crippen LogP contribution in [0.25, 0.3) is 0 Å². The van der Waals surface area contributed by atoms with Crippen molar-refractivity contribution in [3.63, 3.8) is 0 Å². The van der Waals surface area contributed by atoms with Gasteiger partial charge in [0.1, 0.15) is 5.75 Å². The monoisotopic (exact) mass is 165 g/mol. The molecule has 0 aromatic heterocycles. The maximum absolute atomic E-state index is 9.51. The predicted octanol–water partition coefficient (Wildman–Crippen LogP) is 0.529. The first-order valence-corrected chi connectivity index (χ1v) is 3.98. The Kier molecular flexibility index (Phi) is 1.75. The fourth-order valence-corrected chi connectivity index (χ4v) is 1.51. The molecule has 1 heterocycles. The Morgan fingerprint density at radius 2 is 2.25 bits per heavy atom. The topological polar surface area (TPSA) is 52.5 Å². The van der Waals surface area contributed by atoms with Gasteiger partial charge in [-0.15, -0.1) is 0 Å². The minimum Gasteiger partial charge on any atom is -0.508 e. The zero-order valence-corrected chi connectivity index (χ0v) is 6.62. The van der Waals surface area contributed by atoms with E-state index in [4.69, 9.17) is 0 Å². The molecule has 1 aliphatic heterocycles. The molecule has 0 saturated heterocycles. The van der Waals surface area contributed by atoms with Gasteiger partial charge in [0, 0.05) is 13.1 Å². The highest BCUT2D eigenvalue weighted by atomic mass is 16.3. The highest BCUT2D eigenvalue weighted by Crippen LogP contribution is 2.25. The van der Waals surface area contributed by atoms with Crippen molar-refractivity contribution in [1.82, 2.24) is 5.32 Å². The van der Waals surface area contributed by atoms with Crippen LogP contribution in [0.15, 0.2) is 18.2 Å². The van der Waals surface area contributed by atoms with E-state index >= 15 is 0 Å². The minimum atomic E-state index is -0.485. The Labute approximate surface area is 70.7 Å². The molecule has 3 heteroatoms. The van der Waals surface area contributed by atoms with Crippen LogP contribution < -0.4 is 5.32 Å². The van der Waals surface area contributed by atoms with E-state index in [2.05, 4.69) is 5.32 Å². The molecule has 64 valence electrons. The second kappa shape index (κ2) is 2.77. The van der Waals surface area contributed by atoms with Crippen molar-refractivity contribution in [3.05, 3.63) is 29.3 Å². The number of hydrogen-bond donors (Lipinski definition) is 3. The van der Waals surface area contributed by atoms with Crippen LogP contribution in [-0.4, -0.2) is 16.8 Å². The first-order chi connectivity index (χ1) is 5.77. The lowest BCUT2D eigenvalue weighted by Gasteiger charge is -2.22. The average molecular weight is 165 g/mol. The molecule has 2 rings (SSSR count). The first kappa shape index (κ1) is 7.58.